The molecule has 6 nitrogen and oxygen atoms in total. The highest BCUT2D eigenvalue weighted by Gasteiger charge is 2.50. The van der Waals surface area contributed by atoms with Gasteiger partial charge in [0, 0.05) is 11.1 Å². The van der Waals surface area contributed by atoms with E-state index in [4.69, 9.17) is 0 Å². The van der Waals surface area contributed by atoms with Gasteiger partial charge in [0.1, 0.15) is 0 Å². The van der Waals surface area contributed by atoms with Crippen molar-refractivity contribution in [3.63, 3.8) is 0 Å². The molecule has 0 spiro atoms. The van der Waals surface area contributed by atoms with Gasteiger partial charge in [-0.1, -0.05) is 60.2 Å². The molecule has 0 amide bonds. The lowest BCUT2D eigenvalue weighted by molar-refractivity contribution is -0.0505. The first-order chi connectivity index (χ1) is 17.0. The third-order valence-corrected chi connectivity index (χ3v) is 7.18. The van der Waals surface area contributed by atoms with Crippen LogP contribution < -0.4 is 8.37 Å². The van der Waals surface area contributed by atoms with Gasteiger partial charge in [0.25, 0.3) is 0 Å². The predicted molar refractivity (Wildman–Crippen MR) is 123 cm³/mol. The van der Waals surface area contributed by atoms with Crippen LogP contribution in [0, 0.1) is 6.92 Å². The van der Waals surface area contributed by atoms with Gasteiger partial charge in [0.05, 0.1) is 0 Å². The highest BCUT2D eigenvalue weighted by atomic mass is 32.2. The lowest BCUT2D eigenvalue weighted by Gasteiger charge is -2.20. The van der Waals surface area contributed by atoms with Crippen LogP contribution in [0.15, 0.2) is 66.7 Å². The van der Waals surface area contributed by atoms with E-state index in [1.54, 1.807) is 19.1 Å². The maximum absolute atomic E-state index is 13.2. The molecule has 4 aromatic carbocycles. The SMILES string of the molecule is Cc1ccc2ccc(OS(=O)(=O)C(F)(F)F)c(-c3c(OS(=O)(=O)C(F)(F)F)ccc4ccccc34)c2c1. The van der Waals surface area contributed by atoms with Gasteiger partial charge in [-0.3, -0.25) is 0 Å². The molecule has 14 heteroatoms. The molecule has 0 aliphatic heterocycles. The number of rotatable bonds is 5. The Labute approximate surface area is 206 Å². The van der Waals surface area contributed by atoms with E-state index in [2.05, 4.69) is 8.37 Å². The molecule has 0 saturated heterocycles. The van der Waals surface area contributed by atoms with Gasteiger partial charge < -0.3 is 8.37 Å². The zero-order chi connectivity index (χ0) is 27.4. The summed E-state index contributed by atoms with van der Waals surface area (Å²) in [5.41, 5.74) is -11.9. The van der Waals surface area contributed by atoms with Crippen molar-refractivity contribution in [3.05, 3.63) is 72.3 Å². The first kappa shape index (κ1) is 26.5. The zero-order valence-corrected chi connectivity index (χ0v) is 20.0. The summed E-state index contributed by atoms with van der Waals surface area (Å²) in [6.07, 6.45) is 0. The summed E-state index contributed by atoms with van der Waals surface area (Å²) >= 11 is 0. The molecule has 0 N–H and O–H groups in total. The van der Waals surface area contributed by atoms with Crippen LogP contribution in [-0.2, 0) is 20.2 Å². The van der Waals surface area contributed by atoms with Crippen molar-refractivity contribution in [2.75, 3.05) is 0 Å². The fourth-order valence-electron chi connectivity index (χ4n) is 3.65. The molecule has 0 aliphatic carbocycles. The van der Waals surface area contributed by atoms with E-state index in [9.17, 15) is 43.2 Å². The van der Waals surface area contributed by atoms with Gasteiger partial charge in [-0.15, -0.1) is 0 Å². The van der Waals surface area contributed by atoms with Crippen LogP contribution in [0.25, 0.3) is 32.7 Å². The molecular weight excluding hydrogens is 550 g/mol. The quantitative estimate of drug-likeness (QED) is 0.158. The second-order valence-corrected chi connectivity index (χ2v) is 10.9. The lowest BCUT2D eigenvalue weighted by atomic mass is 9.91. The number of hydrogen-bond donors (Lipinski definition) is 0. The van der Waals surface area contributed by atoms with Crippen molar-refractivity contribution in [2.24, 2.45) is 0 Å². The molecule has 4 aromatic rings. The summed E-state index contributed by atoms with van der Waals surface area (Å²) < 4.78 is 135. The molecule has 0 fully saturated rings. The Kier molecular flexibility index (Phi) is 6.31. The van der Waals surface area contributed by atoms with Gasteiger partial charge in [0.2, 0.25) is 0 Å². The molecular formula is C23H14F6O6S2. The number of halogens is 6. The van der Waals surface area contributed by atoms with E-state index >= 15 is 0 Å². The van der Waals surface area contributed by atoms with Crippen LogP contribution in [0.2, 0.25) is 0 Å². The number of aryl methyl sites for hydroxylation is 1. The molecule has 0 aliphatic rings. The van der Waals surface area contributed by atoms with E-state index in [0.717, 1.165) is 12.1 Å². The molecule has 0 aromatic heterocycles. The largest absolute Gasteiger partial charge is 0.534 e. The van der Waals surface area contributed by atoms with Crippen LogP contribution in [0.1, 0.15) is 5.56 Å². The molecule has 0 heterocycles. The van der Waals surface area contributed by atoms with Crippen molar-refractivity contribution < 1.29 is 51.5 Å². The van der Waals surface area contributed by atoms with E-state index in [1.807, 2.05) is 0 Å². The van der Waals surface area contributed by atoms with Crippen LogP contribution >= 0.6 is 0 Å². The second kappa shape index (κ2) is 8.80. The predicted octanol–water partition coefficient (Wildman–Crippen LogP) is 6.43. The van der Waals surface area contributed by atoms with Crippen LogP contribution in [0.4, 0.5) is 26.3 Å². The van der Waals surface area contributed by atoms with Gasteiger partial charge in [-0.2, -0.15) is 43.2 Å². The minimum absolute atomic E-state index is 0.0561. The fraction of sp³-hybridized carbons (Fsp3) is 0.130. The number of alkyl halides is 6. The van der Waals surface area contributed by atoms with Crippen LogP contribution in [-0.4, -0.2) is 27.9 Å². The van der Waals surface area contributed by atoms with Crippen LogP contribution in [0.3, 0.4) is 0 Å². The Morgan fingerprint density at radius 1 is 0.595 bits per heavy atom. The standard InChI is InChI=1S/C23H14F6O6S2/c1-13-6-7-15-9-11-19(35-37(32,33)23(27,28)29)21(17(15)12-13)20-16-5-3-2-4-14(16)8-10-18(20)34-36(30,31)22(24,25)26/h2-12H,1H3. The molecule has 37 heavy (non-hydrogen) atoms. The molecule has 0 atom stereocenters. The Balaban J connectivity index is 2.16. The maximum atomic E-state index is 13.2. The smallest absolute Gasteiger partial charge is 0.375 e. The van der Waals surface area contributed by atoms with Gasteiger partial charge >= 0.3 is 31.3 Å². The van der Waals surface area contributed by atoms with Gasteiger partial charge in [-0.25, -0.2) is 0 Å². The van der Waals surface area contributed by atoms with Gasteiger partial charge in [-0.05, 0) is 40.6 Å². The topological polar surface area (TPSA) is 86.7 Å². The van der Waals surface area contributed by atoms with E-state index in [1.165, 1.54) is 42.5 Å². The highest BCUT2D eigenvalue weighted by Crippen LogP contribution is 2.47. The van der Waals surface area contributed by atoms with Gasteiger partial charge in [0.15, 0.2) is 11.5 Å². The molecule has 0 bridgehead atoms. The Bertz CT molecular complexity index is 1740. The van der Waals surface area contributed by atoms with Crippen molar-refractivity contribution in [3.8, 4) is 22.6 Å². The van der Waals surface area contributed by atoms with Crippen LogP contribution in [0.5, 0.6) is 11.5 Å². The summed E-state index contributed by atoms with van der Waals surface area (Å²) in [7, 11) is -12.4. The monoisotopic (exact) mass is 564 g/mol. The minimum Gasteiger partial charge on any atom is -0.375 e. The minimum atomic E-state index is -6.22. The average molecular weight is 564 g/mol. The van der Waals surface area contributed by atoms with E-state index < -0.39 is 53.9 Å². The van der Waals surface area contributed by atoms with Crippen molar-refractivity contribution >= 4 is 41.8 Å². The first-order valence-electron chi connectivity index (χ1n) is 10.1. The lowest BCUT2D eigenvalue weighted by Crippen LogP contribution is -2.28. The normalized spacial score (nSPS) is 13.2. The summed E-state index contributed by atoms with van der Waals surface area (Å²) in [5.74, 6) is -1.81. The average Bonchev–Trinajstić information content (AvgIpc) is 2.77. The molecule has 4 rings (SSSR count). The summed E-state index contributed by atoms with van der Waals surface area (Å²) in [4.78, 5) is 0. The molecule has 0 saturated carbocycles. The number of fused-ring (bicyclic) bond motifs is 2. The fourth-order valence-corrected chi connectivity index (χ4v) is 4.59. The Morgan fingerprint density at radius 3 is 1.54 bits per heavy atom. The van der Waals surface area contributed by atoms with Crippen molar-refractivity contribution in [1.29, 1.82) is 0 Å². The molecule has 196 valence electrons. The zero-order valence-electron chi connectivity index (χ0n) is 18.4. The number of hydrogen-bond acceptors (Lipinski definition) is 6. The summed E-state index contributed by atoms with van der Waals surface area (Å²) in [6, 6.07) is 14.7. The first-order valence-corrected chi connectivity index (χ1v) is 12.9. The summed E-state index contributed by atoms with van der Waals surface area (Å²) in [5, 5.41) is 0.805. The molecule has 0 unspecified atom stereocenters. The van der Waals surface area contributed by atoms with E-state index in [-0.39, 0.29) is 10.8 Å². The van der Waals surface area contributed by atoms with E-state index in [0.29, 0.717) is 16.3 Å². The second-order valence-electron chi connectivity index (χ2n) is 7.79. The maximum Gasteiger partial charge on any atom is 0.534 e. The van der Waals surface area contributed by atoms with Crippen molar-refractivity contribution in [1.82, 2.24) is 0 Å². The Hall–Kier alpha value is -3.52. The highest BCUT2D eigenvalue weighted by molar-refractivity contribution is 7.88. The van der Waals surface area contributed by atoms with Crippen molar-refractivity contribution in [2.45, 2.75) is 17.9 Å². The third-order valence-electron chi connectivity index (χ3n) is 5.25. The third kappa shape index (κ3) is 4.90. The Morgan fingerprint density at radius 2 is 1.03 bits per heavy atom. The molecule has 0 radical (unpaired) electrons. The summed E-state index contributed by atoms with van der Waals surface area (Å²) in [6.45, 7) is 1.61. The number of benzene rings is 4.